The second-order valence-corrected chi connectivity index (χ2v) is 6.44. The molecule has 2 N–H and O–H groups in total. The number of likely N-dealkylation sites (tertiary alicyclic amines) is 1. The first-order valence-electron chi connectivity index (χ1n) is 7.88. The third kappa shape index (κ3) is 4.77. The van der Waals surface area contributed by atoms with Crippen LogP contribution in [-0.2, 0) is 4.79 Å². The van der Waals surface area contributed by atoms with E-state index in [0.29, 0.717) is 0 Å². The number of nitrogens with one attached hydrogen (secondary N) is 2. The van der Waals surface area contributed by atoms with Crippen molar-refractivity contribution in [1.29, 1.82) is 0 Å². The number of carbonyl (C=O) groups is 1. The van der Waals surface area contributed by atoms with E-state index in [1.165, 1.54) is 25.9 Å². The largest absolute Gasteiger partial charge is 0.352 e. The molecule has 0 aliphatic carbocycles. The molecule has 2 rings (SSSR count). The molecule has 2 atom stereocenters. The van der Waals surface area contributed by atoms with Gasteiger partial charge in [-0.1, -0.05) is 6.92 Å². The van der Waals surface area contributed by atoms with Gasteiger partial charge in [-0.05, 0) is 58.2 Å². The van der Waals surface area contributed by atoms with E-state index in [-0.39, 0.29) is 17.9 Å². The Hall–Kier alpha value is -0.610. The lowest BCUT2D eigenvalue weighted by Gasteiger charge is -2.33. The highest BCUT2D eigenvalue weighted by Crippen LogP contribution is 2.16. The molecule has 0 saturated carbocycles. The fourth-order valence-electron chi connectivity index (χ4n) is 3.33. The number of hydrogen-bond acceptors (Lipinski definition) is 3. The van der Waals surface area contributed by atoms with Crippen LogP contribution in [0.3, 0.4) is 0 Å². The summed E-state index contributed by atoms with van der Waals surface area (Å²) in [6.07, 6.45) is 4.63. The highest BCUT2D eigenvalue weighted by molar-refractivity contribution is 5.79. The summed E-state index contributed by atoms with van der Waals surface area (Å²) < 4.78 is 0. The topological polar surface area (TPSA) is 44.4 Å². The van der Waals surface area contributed by atoms with Gasteiger partial charge in [0, 0.05) is 25.0 Å². The van der Waals surface area contributed by atoms with Crippen LogP contribution < -0.4 is 10.6 Å². The zero-order valence-electron chi connectivity index (χ0n) is 12.5. The van der Waals surface area contributed by atoms with Crippen LogP contribution in [0.15, 0.2) is 0 Å². The third-order valence-electron chi connectivity index (χ3n) is 4.37. The summed E-state index contributed by atoms with van der Waals surface area (Å²) in [5.74, 6) is 1.30. The minimum absolute atomic E-state index is 0.226. The predicted octanol–water partition coefficient (Wildman–Crippen LogP) is 1.22. The van der Waals surface area contributed by atoms with E-state index in [0.717, 1.165) is 38.4 Å². The summed E-state index contributed by atoms with van der Waals surface area (Å²) in [6, 6.07) is 0.271. The molecule has 2 heterocycles. The van der Waals surface area contributed by atoms with Crippen LogP contribution in [0.4, 0.5) is 0 Å². The Balaban J connectivity index is 1.70. The van der Waals surface area contributed by atoms with Crippen molar-refractivity contribution >= 4 is 5.91 Å². The molecule has 19 heavy (non-hydrogen) atoms. The fourth-order valence-corrected chi connectivity index (χ4v) is 3.33. The molecule has 4 nitrogen and oxygen atoms in total. The number of nitrogens with zero attached hydrogens (tertiary/aromatic N) is 1. The summed E-state index contributed by atoms with van der Waals surface area (Å²) in [5.41, 5.74) is 0. The minimum atomic E-state index is 0.226. The molecule has 1 amide bonds. The summed E-state index contributed by atoms with van der Waals surface area (Å²) in [5, 5.41) is 6.51. The van der Waals surface area contributed by atoms with Gasteiger partial charge < -0.3 is 15.5 Å². The van der Waals surface area contributed by atoms with Crippen LogP contribution in [-0.4, -0.2) is 49.6 Å². The lowest BCUT2D eigenvalue weighted by atomic mass is 9.97. The standard InChI is InChI=1S/C15H29N3O/c1-12-4-3-9-18(10-12)11-13(2)17-15(19)14-5-7-16-8-6-14/h12-14,16H,3-11H2,1-2H3,(H,17,19). The van der Waals surface area contributed by atoms with Crippen molar-refractivity contribution in [3.63, 3.8) is 0 Å². The lowest BCUT2D eigenvalue weighted by Crippen LogP contribution is -2.47. The molecular weight excluding hydrogens is 238 g/mol. The van der Waals surface area contributed by atoms with Gasteiger partial charge in [0.05, 0.1) is 0 Å². The minimum Gasteiger partial charge on any atom is -0.352 e. The average Bonchev–Trinajstić information content (AvgIpc) is 2.39. The van der Waals surface area contributed by atoms with E-state index < -0.39 is 0 Å². The molecule has 2 saturated heterocycles. The summed E-state index contributed by atoms with van der Waals surface area (Å²) in [7, 11) is 0. The maximum absolute atomic E-state index is 12.2. The predicted molar refractivity (Wildman–Crippen MR) is 78.0 cm³/mol. The molecule has 2 aliphatic heterocycles. The first kappa shape index (κ1) is 14.8. The molecular formula is C15H29N3O. The van der Waals surface area contributed by atoms with Gasteiger partial charge in [0.25, 0.3) is 0 Å². The fraction of sp³-hybridized carbons (Fsp3) is 0.933. The lowest BCUT2D eigenvalue weighted by molar-refractivity contribution is -0.126. The van der Waals surface area contributed by atoms with Crippen LogP contribution in [0.5, 0.6) is 0 Å². The van der Waals surface area contributed by atoms with Crippen LogP contribution in [0.2, 0.25) is 0 Å². The summed E-state index contributed by atoms with van der Waals surface area (Å²) in [6.45, 7) is 9.81. The third-order valence-corrected chi connectivity index (χ3v) is 4.37. The molecule has 0 radical (unpaired) electrons. The van der Waals surface area contributed by atoms with Gasteiger partial charge in [0.1, 0.15) is 0 Å². The van der Waals surface area contributed by atoms with E-state index in [1.807, 2.05) is 0 Å². The summed E-state index contributed by atoms with van der Waals surface area (Å²) in [4.78, 5) is 14.7. The van der Waals surface area contributed by atoms with Crippen molar-refractivity contribution in [3.8, 4) is 0 Å². The first-order valence-corrected chi connectivity index (χ1v) is 7.88. The molecule has 0 aromatic rings. The monoisotopic (exact) mass is 267 g/mol. The molecule has 0 bridgehead atoms. The zero-order valence-corrected chi connectivity index (χ0v) is 12.5. The molecule has 4 heteroatoms. The SMILES string of the molecule is CC1CCCN(CC(C)NC(=O)C2CCNCC2)C1. The van der Waals surface area contributed by atoms with Crippen molar-refractivity contribution in [1.82, 2.24) is 15.5 Å². The second-order valence-electron chi connectivity index (χ2n) is 6.44. The zero-order chi connectivity index (χ0) is 13.7. The molecule has 2 fully saturated rings. The van der Waals surface area contributed by atoms with Crippen LogP contribution in [0.25, 0.3) is 0 Å². The average molecular weight is 267 g/mol. The molecule has 2 aliphatic rings. The number of rotatable bonds is 4. The van der Waals surface area contributed by atoms with Crippen molar-refractivity contribution in [3.05, 3.63) is 0 Å². The number of hydrogen-bond donors (Lipinski definition) is 2. The van der Waals surface area contributed by atoms with Crippen LogP contribution in [0.1, 0.15) is 39.5 Å². The Morgan fingerprint density at radius 1 is 1.37 bits per heavy atom. The van der Waals surface area contributed by atoms with Gasteiger partial charge in [-0.25, -0.2) is 0 Å². The van der Waals surface area contributed by atoms with Crippen LogP contribution >= 0.6 is 0 Å². The van der Waals surface area contributed by atoms with Gasteiger partial charge in [0.15, 0.2) is 0 Å². The number of carbonyl (C=O) groups excluding carboxylic acids is 1. The molecule has 0 spiro atoms. The van der Waals surface area contributed by atoms with Gasteiger partial charge in [-0.2, -0.15) is 0 Å². The Kier molecular flexibility index (Phi) is 5.64. The van der Waals surface area contributed by atoms with Gasteiger partial charge in [-0.15, -0.1) is 0 Å². The summed E-state index contributed by atoms with van der Waals surface area (Å²) >= 11 is 0. The Morgan fingerprint density at radius 3 is 2.79 bits per heavy atom. The smallest absolute Gasteiger partial charge is 0.223 e. The van der Waals surface area contributed by atoms with Gasteiger partial charge in [-0.3, -0.25) is 4.79 Å². The quantitative estimate of drug-likeness (QED) is 0.805. The number of piperidine rings is 2. The molecule has 2 unspecified atom stereocenters. The first-order chi connectivity index (χ1) is 9.15. The van der Waals surface area contributed by atoms with Crippen molar-refractivity contribution in [2.45, 2.75) is 45.6 Å². The highest BCUT2D eigenvalue weighted by Gasteiger charge is 2.23. The van der Waals surface area contributed by atoms with E-state index in [9.17, 15) is 4.79 Å². The van der Waals surface area contributed by atoms with Gasteiger partial charge >= 0.3 is 0 Å². The Bertz CT molecular complexity index is 289. The van der Waals surface area contributed by atoms with Gasteiger partial charge in [0.2, 0.25) is 5.91 Å². The van der Waals surface area contributed by atoms with Crippen molar-refractivity contribution in [2.24, 2.45) is 11.8 Å². The Morgan fingerprint density at radius 2 is 2.11 bits per heavy atom. The molecule has 0 aromatic heterocycles. The van der Waals surface area contributed by atoms with Crippen LogP contribution in [0, 0.1) is 11.8 Å². The van der Waals surface area contributed by atoms with E-state index in [2.05, 4.69) is 29.4 Å². The van der Waals surface area contributed by atoms with E-state index in [1.54, 1.807) is 0 Å². The molecule has 0 aromatic carbocycles. The van der Waals surface area contributed by atoms with E-state index in [4.69, 9.17) is 0 Å². The normalized spacial score (nSPS) is 28.0. The maximum atomic E-state index is 12.2. The highest BCUT2D eigenvalue weighted by atomic mass is 16.1. The van der Waals surface area contributed by atoms with Crippen molar-refractivity contribution in [2.75, 3.05) is 32.7 Å². The second kappa shape index (κ2) is 7.25. The number of amides is 1. The molecule has 110 valence electrons. The maximum Gasteiger partial charge on any atom is 0.223 e. The Labute approximate surface area is 117 Å². The van der Waals surface area contributed by atoms with Crippen molar-refractivity contribution < 1.29 is 4.79 Å². The van der Waals surface area contributed by atoms with E-state index >= 15 is 0 Å².